The van der Waals surface area contributed by atoms with Gasteiger partial charge in [0, 0.05) is 16.8 Å². The highest BCUT2D eigenvalue weighted by molar-refractivity contribution is 6.33. The smallest absolute Gasteiger partial charge is 0.204 e. The molecule has 0 aliphatic carbocycles. The molecule has 0 atom stereocenters. The van der Waals surface area contributed by atoms with Crippen molar-refractivity contribution in [2.45, 2.75) is 6.55 Å². The first-order chi connectivity index (χ1) is 7.20. The fraction of sp³-hybridized carbons (Fsp3) is 0.100. The van der Waals surface area contributed by atoms with Gasteiger partial charge >= 0.3 is 6.55 Å². The highest BCUT2D eigenvalue weighted by Gasteiger charge is 2.14. The Hall–Kier alpha value is -1.42. The first kappa shape index (κ1) is 10.1. The van der Waals surface area contributed by atoms with Crippen LogP contribution >= 0.6 is 11.6 Å². The van der Waals surface area contributed by atoms with Crippen molar-refractivity contribution >= 4 is 11.6 Å². The van der Waals surface area contributed by atoms with Crippen molar-refractivity contribution in [3.8, 4) is 11.3 Å². The lowest BCUT2D eigenvalue weighted by atomic mass is 10.1. The monoisotopic (exact) mass is 228 g/mol. The molecular formula is C10H7ClF2N2. The lowest BCUT2D eigenvalue weighted by Gasteiger charge is -2.07. The zero-order valence-electron chi connectivity index (χ0n) is 7.57. The summed E-state index contributed by atoms with van der Waals surface area (Å²) in [7, 11) is 0. The van der Waals surface area contributed by atoms with Gasteiger partial charge < -0.3 is 0 Å². The van der Waals surface area contributed by atoms with Crippen LogP contribution in [0.4, 0.5) is 8.78 Å². The quantitative estimate of drug-likeness (QED) is 0.768. The van der Waals surface area contributed by atoms with Gasteiger partial charge in [-0.25, -0.2) is 4.68 Å². The molecule has 0 saturated heterocycles. The zero-order chi connectivity index (χ0) is 10.8. The molecule has 0 radical (unpaired) electrons. The van der Waals surface area contributed by atoms with Crippen LogP contribution in [0.5, 0.6) is 0 Å². The number of nitrogens with zero attached hydrogens (tertiary/aromatic N) is 2. The Morgan fingerprint density at radius 2 is 1.93 bits per heavy atom. The van der Waals surface area contributed by atoms with Gasteiger partial charge in [-0.1, -0.05) is 29.8 Å². The fourth-order valence-electron chi connectivity index (χ4n) is 1.35. The van der Waals surface area contributed by atoms with Crippen molar-refractivity contribution in [3.05, 3.63) is 41.6 Å². The summed E-state index contributed by atoms with van der Waals surface area (Å²) in [5.74, 6) is 0. The van der Waals surface area contributed by atoms with Gasteiger partial charge in [0.25, 0.3) is 0 Å². The molecule has 0 N–H and O–H groups in total. The molecule has 5 heteroatoms. The van der Waals surface area contributed by atoms with Gasteiger partial charge in [0.2, 0.25) is 0 Å². The lowest BCUT2D eigenvalue weighted by molar-refractivity contribution is 0.0585. The third kappa shape index (κ3) is 1.85. The zero-order valence-corrected chi connectivity index (χ0v) is 8.33. The molecule has 1 heterocycles. The first-order valence-corrected chi connectivity index (χ1v) is 4.64. The van der Waals surface area contributed by atoms with Crippen LogP contribution in [0.3, 0.4) is 0 Å². The molecule has 1 aromatic heterocycles. The summed E-state index contributed by atoms with van der Waals surface area (Å²) in [6, 6.07) is 8.32. The number of benzene rings is 1. The van der Waals surface area contributed by atoms with Gasteiger partial charge in [-0.2, -0.15) is 13.9 Å². The Morgan fingerprint density at radius 1 is 1.20 bits per heavy atom. The van der Waals surface area contributed by atoms with Crippen LogP contribution in [0.2, 0.25) is 5.02 Å². The van der Waals surface area contributed by atoms with Crippen LogP contribution in [0, 0.1) is 0 Å². The van der Waals surface area contributed by atoms with E-state index in [0.29, 0.717) is 21.0 Å². The first-order valence-electron chi connectivity index (χ1n) is 4.26. The van der Waals surface area contributed by atoms with E-state index >= 15 is 0 Å². The van der Waals surface area contributed by atoms with Gasteiger partial charge in [-0.05, 0) is 12.1 Å². The SMILES string of the molecule is FC(F)n1nccc1-c1ccccc1Cl. The van der Waals surface area contributed by atoms with E-state index in [1.54, 1.807) is 24.3 Å². The molecule has 0 bridgehead atoms. The molecular weight excluding hydrogens is 222 g/mol. The maximum Gasteiger partial charge on any atom is 0.333 e. The van der Waals surface area contributed by atoms with E-state index in [-0.39, 0.29) is 0 Å². The molecule has 0 aliphatic heterocycles. The largest absolute Gasteiger partial charge is 0.333 e. The second-order valence-corrected chi connectivity index (χ2v) is 3.33. The van der Waals surface area contributed by atoms with Crippen molar-refractivity contribution in [2.75, 3.05) is 0 Å². The van der Waals surface area contributed by atoms with E-state index in [1.807, 2.05) is 0 Å². The third-order valence-corrected chi connectivity index (χ3v) is 2.33. The van der Waals surface area contributed by atoms with Crippen LogP contribution in [0.15, 0.2) is 36.5 Å². The molecule has 78 valence electrons. The van der Waals surface area contributed by atoms with Crippen LogP contribution in [-0.2, 0) is 0 Å². The minimum atomic E-state index is -2.66. The van der Waals surface area contributed by atoms with E-state index in [2.05, 4.69) is 5.10 Å². The maximum atomic E-state index is 12.5. The minimum absolute atomic E-state index is 0.315. The normalized spacial score (nSPS) is 10.9. The lowest BCUT2D eigenvalue weighted by Crippen LogP contribution is -2.02. The second kappa shape index (κ2) is 3.98. The summed E-state index contributed by atoms with van der Waals surface area (Å²) in [5, 5.41) is 3.97. The highest BCUT2D eigenvalue weighted by Crippen LogP contribution is 2.29. The van der Waals surface area contributed by atoms with Crippen molar-refractivity contribution in [1.29, 1.82) is 0 Å². The average Bonchev–Trinajstić information content (AvgIpc) is 2.67. The molecule has 2 aromatic rings. The molecule has 0 saturated carbocycles. The van der Waals surface area contributed by atoms with Crippen molar-refractivity contribution in [3.63, 3.8) is 0 Å². The topological polar surface area (TPSA) is 17.8 Å². The molecule has 2 rings (SSSR count). The summed E-state index contributed by atoms with van der Waals surface area (Å²) in [6.45, 7) is -2.66. The molecule has 0 unspecified atom stereocenters. The third-order valence-electron chi connectivity index (χ3n) is 2.00. The highest BCUT2D eigenvalue weighted by atomic mass is 35.5. The summed E-state index contributed by atoms with van der Waals surface area (Å²) in [4.78, 5) is 0. The van der Waals surface area contributed by atoms with Gasteiger partial charge in [0.05, 0.1) is 5.69 Å². The van der Waals surface area contributed by atoms with Gasteiger partial charge in [0.1, 0.15) is 0 Å². The van der Waals surface area contributed by atoms with Gasteiger partial charge in [-0.15, -0.1) is 0 Å². The number of aromatic nitrogens is 2. The number of rotatable bonds is 2. The second-order valence-electron chi connectivity index (χ2n) is 2.92. The summed E-state index contributed by atoms with van der Waals surface area (Å²) < 4.78 is 25.7. The molecule has 0 spiro atoms. The standard InChI is InChI=1S/C10H7ClF2N2/c11-8-4-2-1-3-7(8)9-5-6-14-15(9)10(12)13/h1-6,10H. The van der Waals surface area contributed by atoms with E-state index in [4.69, 9.17) is 11.6 Å². The number of halogens is 3. The number of alkyl halides is 2. The predicted octanol–water partition coefficient (Wildman–Crippen LogP) is 3.60. The Kier molecular flexibility index (Phi) is 2.68. The Bertz CT molecular complexity index is 468. The molecule has 15 heavy (non-hydrogen) atoms. The molecule has 2 nitrogen and oxygen atoms in total. The van der Waals surface area contributed by atoms with Crippen molar-refractivity contribution < 1.29 is 8.78 Å². The summed E-state index contributed by atoms with van der Waals surface area (Å²) >= 11 is 5.91. The van der Waals surface area contributed by atoms with E-state index in [9.17, 15) is 8.78 Å². The summed E-state index contributed by atoms with van der Waals surface area (Å²) in [5.41, 5.74) is 0.868. The molecule has 0 amide bonds. The van der Waals surface area contributed by atoms with Crippen LogP contribution in [-0.4, -0.2) is 9.78 Å². The van der Waals surface area contributed by atoms with Crippen molar-refractivity contribution in [1.82, 2.24) is 9.78 Å². The fourth-order valence-corrected chi connectivity index (χ4v) is 1.58. The predicted molar refractivity (Wildman–Crippen MR) is 53.9 cm³/mol. The average molecular weight is 229 g/mol. The number of hydrogen-bond acceptors (Lipinski definition) is 1. The van der Waals surface area contributed by atoms with E-state index in [1.165, 1.54) is 12.3 Å². The molecule has 1 aromatic carbocycles. The van der Waals surface area contributed by atoms with E-state index in [0.717, 1.165) is 0 Å². The van der Waals surface area contributed by atoms with Crippen LogP contribution in [0.25, 0.3) is 11.3 Å². The van der Waals surface area contributed by atoms with Gasteiger partial charge in [0.15, 0.2) is 0 Å². The maximum absolute atomic E-state index is 12.5. The Morgan fingerprint density at radius 3 is 2.60 bits per heavy atom. The van der Waals surface area contributed by atoms with E-state index < -0.39 is 6.55 Å². The van der Waals surface area contributed by atoms with Gasteiger partial charge in [-0.3, -0.25) is 0 Å². The minimum Gasteiger partial charge on any atom is -0.204 e. The number of hydrogen-bond donors (Lipinski definition) is 0. The van der Waals surface area contributed by atoms with Crippen LogP contribution in [0.1, 0.15) is 6.55 Å². The van der Waals surface area contributed by atoms with Crippen molar-refractivity contribution in [2.24, 2.45) is 0 Å². The Labute approximate surface area is 90.1 Å². The molecule has 0 aliphatic rings. The van der Waals surface area contributed by atoms with Crippen LogP contribution < -0.4 is 0 Å². The summed E-state index contributed by atoms with van der Waals surface area (Å²) in [6.07, 6.45) is 1.32. The molecule has 0 fully saturated rings. The Balaban J connectivity index is 2.55.